The van der Waals surface area contributed by atoms with Crippen molar-refractivity contribution in [3.8, 4) is 33.6 Å². The van der Waals surface area contributed by atoms with Crippen molar-refractivity contribution in [3.63, 3.8) is 0 Å². The van der Waals surface area contributed by atoms with Crippen molar-refractivity contribution in [2.75, 3.05) is 26.2 Å². The normalized spacial score (nSPS) is 19.3. The summed E-state index contributed by atoms with van der Waals surface area (Å²) in [5.74, 6) is -0.210. The molecule has 3 saturated heterocycles. The summed E-state index contributed by atoms with van der Waals surface area (Å²) in [5.41, 5.74) is 7.73. The maximum absolute atomic E-state index is 14.4. The summed E-state index contributed by atoms with van der Waals surface area (Å²) in [6, 6.07) is 35.6. The highest BCUT2D eigenvalue weighted by molar-refractivity contribution is 5.88. The lowest BCUT2D eigenvalue weighted by molar-refractivity contribution is -0.142. The van der Waals surface area contributed by atoms with E-state index >= 15 is 0 Å². The van der Waals surface area contributed by atoms with Crippen LogP contribution in [-0.2, 0) is 14.4 Å². The van der Waals surface area contributed by atoms with Gasteiger partial charge in [-0.05, 0) is 85.0 Å². The zero-order chi connectivity index (χ0) is 41.0. The molecule has 3 aliphatic rings. The first-order valence-electron chi connectivity index (χ1n) is 21.4. The van der Waals surface area contributed by atoms with Crippen LogP contribution in [0.25, 0.3) is 33.6 Å². The summed E-state index contributed by atoms with van der Waals surface area (Å²) in [4.78, 5) is 62.7. The number of benzene rings is 4. The molecule has 9 rings (SSSR count). The maximum Gasteiger partial charge on any atom is 0.304 e. The van der Waals surface area contributed by atoms with Crippen molar-refractivity contribution < 1.29 is 19.5 Å². The van der Waals surface area contributed by atoms with Crippen molar-refractivity contribution in [1.29, 1.82) is 0 Å². The van der Waals surface area contributed by atoms with Crippen LogP contribution in [0.4, 0.5) is 0 Å². The molecule has 3 aliphatic heterocycles. The number of aliphatic carboxylic acids is 1. The van der Waals surface area contributed by atoms with Gasteiger partial charge in [0.15, 0.2) is 0 Å². The Morgan fingerprint density at radius 3 is 1.53 bits per heavy atom. The van der Waals surface area contributed by atoms with Gasteiger partial charge in [0.05, 0.1) is 48.2 Å². The molecule has 3 N–H and O–H groups in total. The van der Waals surface area contributed by atoms with E-state index in [9.17, 15) is 19.5 Å². The second-order valence-corrected chi connectivity index (χ2v) is 16.4. The fraction of sp³-hybridized carbons (Fsp3) is 0.327. The van der Waals surface area contributed by atoms with Gasteiger partial charge < -0.3 is 24.9 Å². The third-order valence-electron chi connectivity index (χ3n) is 12.6. The van der Waals surface area contributed by atoms with Gasteiger partial charge >= 0.3 is 5.97 Å². The Hall–Kier alpha value is -6.33. The first kappa shape index (κ1) is 39.1. The van der Waals surface area contributed by atoms with Crippen LogP contribution in [0.15, 0.2) is 122 Å². The van der Waals surface area contributed by atoms with Gasteiger partial charge in [-0.2, -0.15) is 0 Å². The molecule has 0 spiro atoms. The minimum absolute atomic E-state index is 0.0820. The second-order valence-electron chi connectivity index (χ2n) is 16.4. The zero-order valence-corrected chi connectivity index (χ0v) is 33.7. The Bertz CT molecular complexity index is 2410. The number of rotatable bonds is 12. The molecule has 4 aromatic carbocycles. The zero-order valence-electron chi connectivity index (χ0n) is 33.7. The summed E-state index contributed by atoms with van der Waals surface area (Å²) in [7, 11) is 0. The number of aromatic nitrogens is 4. The van der Waals surface area contributed by atoms with Crippen molar-refractivity contribution in [2.45, 2.75) is 75.4 Å². The number of carboxylic acids is 1. The topological polar surface area (TPSA) is 139 Å². The predicted molar refractivity (Wildman–Crippen MR) is 230 cm³/mol. The molecule has 11 heteroatoms. The lowest BCUT2D eigenvalue weighted by Gasteiger charge is -2.37. The van der Waals surface area contributed by atoms with Gasteiger partial charge in [0.2, 0.25) is 11.8 Å². The van der Waals surface area contributed by atoms with E-state index in [1.807, 2.05) is 60.9 Å². The minimum atomic E-state index is -0.999. The first-order chi connectivity index (χ1) is 29.4. The smallest absolute Gasteiger partial charge is 0.304 e. The molecular formula is C49H51N7O4. The number of hydrogen-bond donors (Lipinski definition) is 3. The SMILES string of the molecule is O=C(O)C[C@@H](C(=O)N1CCC[C@H]1c1ncc(-c2ccc(-c3ccc(-c4cnc([C@@H]5CCCN5C(=O)[C@@H](c5ccccc5)N5CCCCC5)[nH]4)cc3)cc2)[nH]1)c1ccccc1. The highest BCUT2D eigenvalue weighted by Crippen LogP contribution is 2.38. The molecular weight excluding hydrogens is 751 g/mol. The van der Waals surface area contributed by atoms with Gasteiger partial charge in [0.1, 0.15) is 17.7 Å². The van der Waals surface area contributed by atoms with Gasteiger partial charge in [0, 0.05) is 13.1 Å². The van der Waals surface area contributed by atoms with E-state index in [1.54, 1.807) is 4.90 Å². The largest absolute Gasteiger partial charge is 0.481 e. The van der Waals surface area contributed by atoms with Crippen molar-refractivity contribution in [3.05, 3.63) is 144 Å². The number of H-pyrrole nitrogens is 2. The number of nitrogens with one attached hydrogen (secondary N) is 2. The van der Waals surface area contributed by atoms with Crippen molar-refractivity contribution in [2.24, 2.45) is 0 Å². The standard InChI is InChI=1S/C49H51N7O4/c57-44(58)30-39(35-12-4-1-5-13-35)48(59)55-28-10-16-42(55)46-50-31-40(52-46)36-22-18-33(19-23-36)34-20-24-37(25-21-34)41-32-51-47(53-41)43-17-11-29-56(43)49(60)45(38-14-6-2-7-15-38)54-26-8-3-9-27-54/h1-2,4-7,12-15,18-25,31-32,39,42-43,45H,3,8-11,16-17,26-30H2,(H,50,52)(H,51,53)(H,57,58)/t39-,42+,43+,45-/m1/s1. The van der Waals surface area contributed by atoms with Gasteiger partial charge in [-0.15, -0.1) is 0 Å². The summed E-state index contributed by atoms with van der Waals surface area (Å²) in [5, 5.41) is 9.62. The van der Waals surface area contributed by atoms with Gasteiger partial charge in [-0.3, -0.25) is 19.3 Å². The Morgan fingerprint density at radius 1 is 0.567 bits per heavy atom. The maximum atomic E-state index is 14.4. The molecule has 2 aromatic heterocycles. The Morgan fingerprint density at radius 2 is 1.03 bits per heavy atom. The predicted octanol–water partition coefficient (Wildman–Crippen LogP) is 8.95. The molecule has 2 amide bonds. The fourth-order valence-corrected chi connectivity index (χ4v) is 9.51. The number of carboxylic acid groups (broad SMARTS) is 1. The first-order valence-corrected chi connectivity index (χ1v) is 21.4. The summed E-state index contributed by atoms with van der Waals surface area (Å²) >= 11 is 0. The molecule has 0 aliphatic carbocycles. The number of aromatic amines is 2. The summed E-state index contributed by atoms with van der Waals surface area (Å²) in [6.07, 6.45) is 10.3. The lowest BCUT2D eigenvalue weighted by atomic mass is 9.94. The third-order valence-corrected chi connectivity index (χ3v) is 12.6. The van der Waals surface area contributed by atoms with Crippen molar-refractivity contribution in [1.82, 2.24) is 34.6 Å². The number of nitrogens with zero attached hydrogens (tertiary/aromatic N) is 5. The average Bonchev–Trinajstić information content (AvgIpc) is 4.14. The number of carbonyl (C=O) groups excluding carboxylic acids is 2. The van der Waals surface area contributed by atoms with E-state index in [-0.39, 0.29) is 36.4 Å². The van der Waals surface area contributed by atoms with Gasteiger partial charge in [-0.1, -0.05) is 116 Å². The molecule has 60 heavy (non-hydrogen) atoms. The average molecular weight is 802 g/mol. The van der Waals surface area contributed by atoms with Gasteiger partial charge in [-0.25, -0.2) is 9.97 Å². The Kier molecular flexibility index (Phi) is 11.4. The van der Waals surface area contributed by atoms with Crippen molar-refractivity contribution >= 4 is 17.8 Å². The van der Waals surface area contributed by atoms with E-state index < -0.39 is 11.9 Å². The molecule has 3 fully saturated rings. The number of carbonyl (C=O) groups is 3. The molecule has 0 unspecified atom stereocenters. The van der Waals surface area contributed by atoms with Crippen LogP contribution in [0, 0.1) is 0 Å². The fourth-order valence-electron chi connectivity index (χ4n) is 9.51. The van der Waals surface area contributed by atoms with Crippen LogP contribution in [0.2, 0.25) is 0 Å². The molecule has 4 atom stereocenters. The minimum Gasteiger partial charge on any atom is -0.481 e. The van der Waals surface area contributed by atoms with Crippen LogP contribution < -0.4 is 0 Å². The van der Waals surface area contributed by atoms with E-state index in [4.69, 9.17) is 9.97 Å². The van der Waals surface area contributed by atoms with E-state index in [2.05, 4.69) is 80.4 Å². The quantitative estimate of drug-likeness (QED) is 0.112. The van der Waals surface area contributed by atoms with Crippen LogP contribution in [0.5, 0.6) is 0 Å². The number of amides is 2. The Balaban J connectivity index is 0.861. The molecule has 11 nitrogen and oxygen atoms in total. The Labute approximate surface area is 350 Å². The van der Waals surface area contributed by atoms with Crippen LogP contribution in [-0.4, -0.2) is 83.7 Å². The summed E-state index contributed by atoms with van der Waals surface area (Å²) < 4.78 is 0. The number of likely N-dealkylation sites (tertiary alicyclic amines) is 3. The molecule has 6 aromatic rings. The van der Waals surface area contributed by atoms with E-state index in [0.29, 0.717) is 17.9 Å². The highest BCUT2D eigenvalue weighted by Gasteiger charge is 2.39. The number of hydrogen-bond acceptors (Lipinski definition) is 6. The van der Waals surface area contributed by atoms with Crippen LogP contribution >= 0.6 is 0 Å². The third kappa shape index (κ3) is 8.14. The van der Waals surface area contributed by atoms with Crippen LogP contribution in [0.1, 0.15) is 98.2 Å². The number of imidazole rings is 2. The summed E-state index contributed by atoms with van der Waals surface area (Å²) in [6.45, 7) is 3.18. The molecule has 5 heterocycles. The second kappa shape index (κ2) is 17.5. The monoisotopic (exact) mass is 801 g/mol. The van der Waals surface area contributed by atoms with E-state index in [0.717, 1.165) is 103 Å². The molecule has 0 radical (unpaired) electrons. The van der Waals surface area contributed by atoms with E-state index in [1.165, 1.54) is 6.42 Å². The molecule has 0 bridgehead atoms. The number of piperidine rings is 1. The highest BCUT2D eigenvalue weighted by atomic mass is 16.4. The van der Waals surface area contributed by atoms with Gasteiger partial charge in [0.25, 0.3) is 0 Å². The molecule has 0 saturated carbocycles. The molecule has 306 valence electrons. The lowest BCUT2D eigenvalue weighted by Crippen LogP contribution is -2.44. The van der Waals surface area contributed by atoms with Crippen LogP contribution in [0.3, 0.4) is 0 Å².